The van der Waals surface area contributed by atoms with Crippen molar-refractivity contribution in [2.45, 2.75) is 58.0 Å². The number of Topliss-reactive ketones (excluding diaryl/α,β-unsaturated/α-hetero) is 1. The van der Waals surface area contributed by atoms with Crippen LogP contribution in [0.4, 0.5) is 11.5 Å². The minimum absolute atomic E-state index is 0.0644. The quantitative estimate of drug-likeness (QED) is 0.535. The largest absolute Gasteiger partial charge is 0.377 e. The summed E-state index contributed by atoms with van der Waals surface area (Å²) in [6.45, 7) is 7.54. The van der Waals surface area contributed by atoms with Crippen LogP contribution >= 0.6 is 22.9 Å². The lowest BCUT2D eigenvalue weighted by Gasteiger charge is -2.36. The molecule has 0 saturated carbocycles. The van der Waals surface area contributed by atoms with Crippen molar-refractivity contribution in [3.63, 3.8) is 0 Å². The van der Waals surface area contributed by atoms with E-state index in [0.29, 0.717) is 32.0 Å². The summed E-state index contributed by atoms with van der Waals surface area (Å²) in [5.41, 5.74) is 0.684. The molecule has 37 heavy (non-hydrogen) atoms. The van der Waals surface area contributed by atoms with Crippen LogP contribution in [0.5, 0.6) is 0 Å². The van der Waals surface area contributed by atoms with Crippen molar-refractivity contribution >= 4 is 56.4 Å². The van der Waals surface area contributed by atoms with Crippen LogP contribution in [0.25, 0.3) is 10.2 Å². The molecule has 0 bridgehead atoms. The summed E-state index contributed by atoms with van der Waals surface area (Å²) in [4.78, 5) is 52.1. The second-order valence-electron chi connectivity index (χ2n) is 10.7. The molecule has 1 N–H and O–H groups in total. The molecule has 3 aromatic heterocycles. The molecule has 6 rings (SSSR count). The highest BCUT2D eigenvalue weighted by Gasteiger charge is 2.39. The highest BCUT2D eigenvalue weighted by molar-refractivity contribution is 7.19. The van der Waals surface area contributed by atoms with Gasteiger partial charge >= 0.3 is 0 Å². The summed E-state index contributed by atoms with van der Waals surface area (Å²) in [5.74, 6) is 0.530. The highest BCUT2D eigenvalue weighted by atomic mass is 35.5. The van der Waals surface area contributed by atoms with Crippen LogP contribution in [0.3, 0.4) is 0 Å². The molecular weight excluding hydrogens is 514 g/mol. The van der Waals surface area contributed by atoms with E-state index in [9.17, 15) is 14.4 Å². The Bertz CT molecular complexity index is 1510. The predicted molar refractivity (Wildman–Crippen MR) is 142 cm³/mol. The topological polar surface area (TPSA) is 106 Å². The van der Waals surface area contributed by atoms with Gasteiger partial charge in [-0.15, -0.1) is 11.3 Å². The number of ether oxygens (including phenoxy) is 1. The van der Waals surface area contributed by atoms with E-state index in [0.717, 1.165) is 33.5 Å². The third-order valence-electron chi connectivity index (χ3n) is 7.72. The lowest BCUT2D eigenvalue weighted by Crippen LogP contribution is -2.50. The average molecular weight is 542 g/mol. The summed E-state index contributed by atoms with van der Waals surface area (Å²) < 4.78 is 6.99. The molecule has 3 aliphatic rings. The Labute approximate surface area is 222 Å². The SMILES string of the molecule is C[C@@H]1COCCN1C(=O)[C@H]1CCc2c(sc3ncnc(Nc4cc(Cl)c5n(c4=O)C(C)(C)CC5=O)c23)C1. The molecule has 2 aliphatic heterocycles. The van der Waals surface area contributed by atoms with E-state index in [1.54, 1.807) is 11.3 Å². The Morgan fingerprint density at radius 1 is 1.30 bits per heavy atom. The molecule has 9 nitrogen and oxygen atoms in total. The molecule has 0 unspecified atom stereocenters. The Morgan fingerprint density at radius 2 is 2.11 bits per heavy atom. The number of nitrogens with one attached hydrogen (secondary N) is 1. The molecule has 2 atom stereocenters. The average Bonchev–Trinajstić information content (AvgIpc) is 3.35. The maximum absolute atomic E-state index is 13.4. The van der Waals surface area contributed by atoms with Crippen molar-refractivity contribution in [2.24, 2.45) is 5.92 Å². The van der Waals surface area contributed by atoms with Crippen molar-refractivity contribution in [3.8, 4) is 0 Å². The summed E-state index contributed by atoms with van der Waals surface area (Å²) in [5, 5.41) is 4.33. The summed E-state index contributed by atoms with van der Waals surface area (Å²) in [7, 11) is 0. The van der Waals surface area contributed by atoms with Crippen LogP contribution in [0.15, 0.2) is 17.2 Å². The number of morpholine rings is 1. The number of ketones is 1. The first kappa shape index (κ1) is 24.5. The number of thiophene rings is 1. The van der Waals surface area contributed by atoms with E-state index in [-0.39, 0.29) is 52.0 Å². The van der Waals surface area contributed by atoms with Gasteiger partial charge in [-0.05, 0) is 51.7 Å². The van der Waals surface area contributed by atoms with Gasteiger partial charge in [-0.25, -0.2) is 9.97 Å². The highest BCUT2D eigenvalue weighted by Crippen LogP contribution is 2.41. The zero-order valence-electron chi connectivity index (χ0n) is 21.0. The molecule has 5 heterocycles. The first-order valence-corrected chi connectivity index (χ1v) is 13.7. The molecule has 194 valence electrons. The molecule has 0 radical (unpaired) electrons. The molecule has 1 amide bonds. The van der Waals surface area contributed by atoms with E-state index < -0.39 is 5.54 Å². The number of hydrogen-bond acceptors (Lipinski definition) is 8. The van der Waals surface area contributed by atoms with Gasteiger partial charge in [-0.3, -0.25) is 19.0 Å². The Balaban J connectivity index is 1.34. The minimum atomic E-state index is -0.660. The van der Waals surface area contributed by atoms with Gasteiger partial charge in [-0.1, -0.05) is 11.6 Å². The van der Waals surface area contributed by atoms with Crippen molar-refractivity contribution in [1.29, 1.82) is 0 Å². The van der Waals surface area contributed by atoms with Crippen molar-refractivity contribution in [3.05, 3.63) is 43.9 Å². The van der Waals surface area contributed by atoms with Crippen molar-refractivity contribution < 1.29 is 14.3 Å². The summed E-state index contributed by atoms with van der Waals surface area (Å²) >= 11 is 8.05. The van der Waals surface area contributed by atoms with E-state index >= 15 is 0 Å². The number of pyridine rings is 1. The first-order valence-electron chi connectivity index (χ1n) is 12.6. The Morgan fingerprint density at radius 3 is 2.89 bits per heavy atom. The maximum atomic E-state index is 13.4. The van der Waals surface area contributed by atoms with Gasteiger partial charge in [0, 0.05) is 23.8 Å². The van der Waals surface area contributed by atoms with Gasteiger partial charge < -0.3 is 15.0 Å². The van der Waals surface area contributed by atoms with Crippen LogP contribution in [-0.4, -0.2) is 56.9 Å². The van der Waals surface area contributed by atoms with Gasteiger partial charge in [0.1, 0.15) is 28.4 Å². The molecule has 0 aromatic carbocycles. The van der Waals surface area contributed by atoms with Gasteiger partial charge in [-0.2, -0.15) is 0 Å². The first-order chi connectivity index (χ1) is 17.7. The smallest absolute Gasteiger partial charge is 0.275 e. The second-order valence-corrected chi connectivity index (χ2v) is 12.2. The minimum Gasteiger partial charge on any atom is -0.377 e. The number of aryl methyl sites for hydroxylation is 1. The summed E-state index contributed by atoms with van der Waals surface area (Å²) in [6, 6.07) is 1.60. The van der Waals surface area contributed by atoms with E-state index in [1.807, 2.05) is 25.7 Å². The van der Waals surface area contributed by atoms with Crippen LogP contribution in [-0.2, 0) is 27.9 Å². The Kier molecular flexibility index (Phi) is 5.89. The summed E-state index contributed by atoms with van der Waals surface area (Å²) in [6.07, 6.45) is 3.86. The fourth-order valence-corrected chi connectivity index (χ4v) is 7.46. The van der Waals surface area contributed by atoms with Crippen LogP contribution < -0.4 is 10.9 Å². The number of carbonyl (C=O) groups excluding carboxylic acids is 2. The van der Waals surface area contributed by atoms with Crippen molar-refractivity contribution in [1.82, 2.24) is 19.4 Å². The number of aromatic nitrogens is 3. The van der Waals surface area contributed by atoms with Gasteiger partial charge in [0.05, 0.1) is 35.2 Å². The molecular formula is C26H28ClN5O4S. The molecule has 1 fully saturated rings. The molecule has 11 heteroatoms. The number of nitrogens with zero attached hydrogens (tertiary/aromatic N) is 4. The Hall–Kier alpha value is -2.82. The third-order valence-corrected chi connectivity index (χ3v) is 9.17. The van der Waals surface area contributed by atoms with Crippen LogP contribution in [0.1, 0.15) is 54.5 Å². The third kappa shape index (κ3) is 3.97. The monoisotopic (exact) mass is 541 g/mol. The zero-order chi connectivity index (χ0) is 26.1. The number of fused-ring (bicyclic) bond motifs is 4. The van der Waals surface area contributed by atoms with E-state index in [4.69, 9.17) is 16.3 Å². The van der Waals surface area contributed by atoms with Crippen molar-refractivity contribution in [2.75, 3.05) is 25.1 Å². The number of halogens is 1. The fraction of sp³-hybridized carbons (Fsp3) is 0.500. The standard InChI is InChI=1S/C26H28ClN5O4S/c1-13-11-36-7-6-31(13)24(34)14-4-5-15-19(8-14)37-23-20(15)22(28-12-29-23)30-17-9-16(27)21-18(33)10-26(2,3)32(21)25(17)35/h9,12-14H,4-8,10-11H2,1-3H3,(H,28,29,30)/t13-,14+/m1/s1. The van der Waals surface area contributed by atoms with Gasteiger partial charge in [0.25, 0.3) is 5.56 Å². The lowest BCUT2D eigenvalue weighted by molar-refractivity contribution is -0.143. The molecule has 0 spiro atoms. The molecule has 1 aliphatic carbocycles. The van der Waals surface area contributed by atoms with Gasteiger partial charge in [0.2, 0.25) is 5.91 Å². The lowest BCUT2D eigenvalue weighted by atomic mass is 9.86. The van der Waals surface area contributed by atoms with E-state index in [2.05, 4.69) is 15.3 Å². The number of anilines is 2. The predicted octanol–water partition coefficient (Wildman–Crippen LogP) is 3.92. The van der Waals surface area contributed by atoms with Crippen LogP contribution in [0, 0.1) is 5.92 Å². The fourth-order valence-electron chi connectivity index (χ4n) is 5.90. The molecule has 1 saturated heterocycles. The number of amides is 1. The number of rotatable bonds is 3. The van der Waals surface area contributed by atoms with Crippen LogP contribution in [0.2, 0.25) is 5.02 Å². The number of hydrogen-bond donors (Lipinski definition) is 1. The molecule has 3 aromatic rings. The zero-order valence-corrected chi connectivity index (χ0v) is 22.5. The second kappa shape index (κ2) is 8.89. The number of carbonyl (C=O) groups is 2. The van der Waals surface area contributed by atoms with Gasteiger partial charge in [0.15, 0.2) is 5.78 Å². The maximum Gasteiger partial charge on any atom is 0.275 e. The van der Waals surface area contributed by atoms with E-state index in [1.165, 1.54) is 17.0 Å². The normalized spacial score (nSPS) is 22.7.